The van der Waals surface area contributed by atoms with Crippen molar-refractivity contribution in [2.75, 3.05) is 52.9 Å². The molecule has 1 aliphatic heterocycles. The van der Waals surface area contributed by atoms with Crippen LogP contribution in [0.15, 0.2) is 0 Å². The van der Waals surface area contributed by atoms with Crippen LogP contribution in [0, 0.1) is 5.41 Å². The number of aliphatic hydroxyl groups excluding tert-OH is 1. The van der Waals surface area contributed by atoms with E-state index in [1.807, 2.05) is 27.7 Å². The SMILES string of the molecule is CCCOCCO.CCCOCCOC(=O)C1(C)COC(=O)OC1.[3H]CCC.[3H]CCC. The highest BCUT2D eigenvalue weighted by molar-refractivity contribution is 5.78. The van der Waals surface area contributed by atoms with Gasteiger partial charge in [-0.3, -0.25) is 4.79 Å². The lowest BCUT2D eigenvalue weighted by atomic mass is 9.93. The quantitative estimate of drug-likeness (QED) is 0.393. The smallest absolute Gasteiger partial charge is 0.463 e. The van der Waals surface area contributed by atoms with Gasteiger partial charge in [-0.1, -0.05) is 54.3 Å². The minimum atomic E-state index is -0.918. The molecule has 1 aliphatic rings. The molecule has 1 heterocycles. The largest absolute Gasteiger partial charge is 0.508 e. The van der Waals surface area contributed by atoms with Gasteiger partial charge in [0.25, 0.3) is 0 Å². The maximum atomic E-state index is 11.7. The van der Waals surface area contributed by atoms with Crippen LogP contribution in [0.1, 0.15) is 76.8 Å². The summed E-state index contributed by atoms with van der Waals surface area (Å²) in [6, 6.07) is 0. The number of carbonyl (C=O) groups excluding carboxylic acids is 2. The molecule has 1 saturated heterocycles. The summed E-state index contributed by atoms with van der Waals surface area (Å²) in [6.07, 6.45) is 3.18. The normalized spacial score (nSPS) is 14.5. The Labute approximate surface area is 186 Å². The van der Waals surface area contributed by atoms with Crippen LogP contribution in [-0.2, 0) is 28.5 Å². The van der Waals surface area contributed by atoms with E-state index in [-0.39, 0.29) is 26.4 Å². The Kier molecular flexibility index (Phi) is 24.5. The first kappa shape index (κ1) is 28.6. The first-order valence-electron chi connectivity index (χ1n) is 12.1. The van der Waals surface area contributed by atoms with Crippen molar-refractivity contribution in [3.63, 3.8) is 0 Å². The number of ether oxygens (including phenoxy) is 5. The summed E-state index contributed by atoms with van der Waals surface area (Å²) < 4.78 is 37.3. The van der Waals surface area contributed by atoms with Crippen LogP contribution >= 0.6 is 0 Å². The van der Waals surface area contributed by atoms with E-state index in [1.54, 1.807) is 6.92 Å². The monoisotopic (exact) mass is 442 g/mol. The molecule has 8 heteroatoms. The Morgan fingerprint density at radius 3 is 1.83 bits per heavy atom. The molecular weight excluding hydrogens is 392 g/mol. The average molecular weight is 443 g/mol. The van der Waals surface area contributed by atoms with E-state index in [4.69, 9.17) is 22.1 Å². The second-order valence-electron chi connectivity index (χ2n) is 6.47. The summed E-state index contributed by atoms with van der Waals surface area (Å²) >= 11 is 0. The predicted molar refractivity (Wildman–Crippen MR) is 118 cm³/mol. The van der Waals surface area contributed by atoms with Gasteiger partial charge in [0.2, 0.25) is 0 Å². The molecule has 0 unspecified atom stereocenters. The zero-order valence-electron chi connectivity index (χ0n) is 21.7. The first-order valence-corrected chi connectivity index (χ1v) is 10.6. The van der Waals surface area contributed by atoms with Gasteiger partial charge in [-0.05, 0) is 19.8 Å². The fraction of sp³-hybridized carbons (Fsp3) is 0.909. The van der Waals surface area contributed by atoms with Gasteiger partial charge >= 0.3 is 12.1 Å². The van der Waals surface area contributed by atoms with Crippen LogP contribution in [0.5, 0.6) is 0 Å². The van der Waals surface area contributed by atoms with E-state index in [0.29, 0.717) is 33.6 Å². The third-order valence-electron chi connectivity index (χ3n) is 2.90. The molecule has 1 N–H and O–H groups in total. The number of aliphatic hydroxyl groups is 1. The maximum Gasteiger partial charge on any atom is 0.508 e. The van der Waals surface area contributed by atoms with Crippen molar-refractivity contribution in [3.05, 3.63) is 0 Å². The number of carbonyl (C=O) groups is 2. The molecule has 0 amide bonds. The van der Waals surface area contributed by atoms with Crippen LogP contribution in [0.4, 0.5) is 4.79 Å². The molecule has 0 aromatic heterocycles. The molecule has 0 radical (unpaired) electrons. The van der Waals surface area contributed by atoms with Gasteiger partial charge < -0.3 is 28.8 Å². The number of cyclic esters (lactones) is 2. The zero-order valence-corrected chi connectivity index (χ0v) is 19.7. The average Bonchev–Trinajstić information content (AvgIpc) is 2.82. The van der Waals surface area contributed by atoms with Crippen LogP contribution in [0.25, 0.3) is 0 Å². The number of hydrogen-bond acceptors (Lipinski definition) is 8. The van der Waals surface area contributed by atoms with Crippen molar-refractivity contribution in [1.29, 1.82) is 0 Å². The molecule has 182 valence electrons. The van der Waals surface area contributed by atoms with Crippen molar-refractivity contribution in [3.8, 4) is 0 Å². The number of hydrogen-bond donors (Lipinski definition) is 1. The highest BCUT2D eigenvalue weighted by Crippen LogP contribution is 2.23. The fourth-order valence-electron chi connectivity index (χ4n) is 1.56. The number of esters is 1. The van der Waals surface area contributed by atoms with Crippen LogP contribution in [-0.4, -0.2) is 70.1 Å². The molecule has 0 saturated carbocycles. The summed E-state index contributed by atoms with van der Waals surface area (Å²) in [4.78, 5) is 22.4. The van der Waals surface area contributed by atoms with E-state index in [2.05, 4.69) is 9.47 Å². The van der Waals surface area contributed by atoms with Crippen molar-refractivity contribution < 1.29 is 41.1 Å². The van der Waals surface area contributed by atoms with Gasteiger partial charge in [-0.25, -0.2) is 4.79 Å². The molecule has 1 rings (SSSR count). The topological polar surface area (TPSA) is 101 Å². The lowest BCUT2D eigenvalue weighted by molar-refractivity contribution is -0.167. The number of rotatable bonds is 10. The van der Waals surface area contributed by atoms with Gasteiger partial charge in [0.15, 0.2) is 0 Å². The molecule has 0 aliphatic carbocycles. The van der Waals surface area contributed by atoms with Gasteiger partial charge in [-0.15, -0.1) is 0 Å². The minimum Gasteiger partial charge on any atom is -0.463 e. The third kappa shape index (κ3) is 22.9. The summed E-state index contributed by atoms with van der Waals surface area (Å²) in [5.41, 5.74) is -0.918. The predicted octanol–water partition coefficient (Wildman–Crippen LogP) is 4.37. The highest BCUT2D eigenvalue weighted by Gasteiger charge is 2.41. The maximum absolute atomic E-state index is 11.7. The molecular formula is C22H46O8. The van der Waals surface area contributed by atoms with Gasteiger partial charge in [-0.2, -0.15) is 0 Å². The Morgan fingerprint density at radius 1 is 0.967 bits per heavy atom. The highest BCUT2D eigenvalue weighted by atomic mass is 16.7. The second kappa shape index (κ2) is 25.7. The summed E-state index contributed by atoms with van der Waals surface area (Å²) in [6.45, 7) is 13.4. The van der Waals surface area contributed by atoms with E-state index in [0.717, 1.165) is 32.3 Å². The molecule has 0 bridgehead atoms. The molecule has 0 aromatic carbocycles. The van der Waals surface area contributed by atoms with Crippen molar-refractivity contribution >= 4 is 12.1 Å². The van der Waals surface area contributed by atoms with Crippen LogP contribution in [0.3, 0.4) is 0 Å². The Hall–Kier alpha value is -1.38. The third-order valence-corrected chi connectivity index (χ3v) is 2.90. The molecule has 0 atom stereocenters. The zero-order chi connectivity index (χ0) is 25.1. The summed E-state index contributed by atoms with van der Waals surface area (Å²) in [7, 11) is 0. The van der Waals surface area contributed by atoms with Crippen LogP contribution < -0.4 is 0 Å². The lowest BCUT2D eigenvalue weighted by Gasteiger charge is -2.29. The van der Waals surface area contributed by atoms with E-state index in [9.17, 15) is 9.59 Å². The summed E-state index contributed by atoms with van der Waals surface area (Å²) in [5.74, 6) is -0.440. The van der Waals surface area contributed by atoms with E-state index >= 15 is 0 Å². The van der Waals surface area contributed by atoms with Gasteiger partial charge in [0.05, 0.1) is 19.8 Å². The van der Waals surface area contributed by atoms with Crippen molar-refractivity contribution in [2.24, 2.45) is 5.41 Å². The Balaban J connectivity index is -0.000000460. The molecule has 1 fully saturated rings. The minimum absolute atomic E-state index is 0.0134. The van der Waals surface area contributed by atoms with E-state index in [1.165, 1.54) is 0 Å². The fourth-order valence-corrected chi connectivity index (χ4v) is 1.56. The Bertz CT molecular complexity index is 389. The second-order valence-corrected chi connectivity index (χ2v) is 6.47. The van der Waals surface area contributed by atoms with Gasteiger partial charge in [0, 0.05) is 16.0 Å². The van der Waals surface area contributed by atoms with Crippen molar-refractivity contribution in [1.82, 2.24) is 0 Å². The Morgan fingerprint density at radius 2 is 1.43 bits per heavy atom. The van der Waals surface area contributed by atoms with Gasteiger partial charge in [0.1, 0.15) is 25.2 Å². The molecule has 0 spiro atoms. The summed E-state index contributed by atoms with van der Waals surface area (Å²) in [5, 5.41) is 8.17. The standard InChI is InChI=1S/C11H18O6.C5H12O2.2C3H8/c1-3-4-14-5-6-15-9(12)11(2)7-16-10(13)17-8-11;1-2-4-7-5-3-6;2*1-3-2/h3-8H2,1-2H3;6H,2-5H2,1H3;2*3H2,1-2H3/i;;2*1T. The van der Waals surface area contributed by atoms with Crippen LogP contribution in [0.2, 0.25) is 0 Å². The lowest BCUT2D eigenvalue weighted by Crippen LogP contribution is -2.44. The van der Waals surface area contributed by atoms with E-state index < -0.39 is 17.5 Å². The molecule has 30 heavy (non-hydrogen) atoms. The van der Waals surface area contributed by atoms with Crippen molar-refractivity contribution in [2.45, 2.75) is 74.1 Å². The molecule has 8 nitrogen and oxygen atoms in total. The molecule has 0 aromatic rings. The first-order chi connectivity index (χ1) is 15.3.